The quantitative estimate of drug-likeness (QED) is 0.468. The third-order valence-electron chi connectivity index (χ3n) is 2.41. The molecule has 0 rings (SSSR count). The predicted octanol–water partition coefficient (Wildman–Crippen LogP) is 2.93. The van der Waals surface area contributed by atoms with E-state index in [-0.39, 0.29) is 12.1 Å². The Balaban J connectivity index is 4.14. The third kappa shape index (κ3) is 4.11. The van der Waals surface area contributed by atoms with Gasteiger partial charge in [-0.25, -0.2) is 4.79 Å². The maximum atomic E-state index is 11.0. The van der Waals surface area contributed by atoms with Crippen LogP contribution in [0.2, 0.25) is 0 Å². The minimum Gasteiger partial charge on any atom is -0.459 e. The molecule has 1 atom stereocenters. The van der Waals surface area contributed by atoms with E-state index in [1.807, 2.05) is 6.92 Å². The van der Waals surface area contributed by atoms with E-state index in [1.54, 1.807) is 0 Å². The molecule has 2 nitrogen and oxygen atoms in total. The molecule has 2 heteroatoms. The highest BCUT2D eigenvalue weighted by Gasteiger charge is 2.19. The zero-order chi connectivity index (χ0) is 10.3. The number of rotatable bonds is 6. The van der Waals surface area contributed by atoms with E-state index in [2.05, 4.69) is 20.4 Å². The molecule has 0 spiro atoms. The molecular weight excluding hydrogens is 164 g/mol. The summed E-state index contributed by atoms with van der Waals surface area (Å²) in [6, 6.07) is 0. The van der Waals surface area contributed by atoms with Crippen LogP contribution in [-0.2, 0) is 9.53 Å². The van der Waals surface area contributed by atoms with Crippen LogP contribution in [-0.4, -0.2) is 12.1 Å². The largest absolute Gasteiger partial charge is 0.459 e. The van der Waals surface area contributed by atoms with Crippen molar-refractivity contribution in [1.82, 2.24) is 0 Å². The molecule has 0 aliphatic heterocycles. The lowest BCUT2D eigenvalue weighted by atomic mass is 9.95. The maximum absolute atomic E-state index is 11.0. The van der Waals surface area contributed by atoms with E-state index in [9.17, 15) is 4.79 Å². The van der Waals surface area contributed by atoms with Crippen LogP contribution in [0.1, 0.15) is 40.0 Å². The van der Waals surface area contributed by atoms with Gasteiger partial charge in [0.05, 0.1) is 0 Å². The zero-order valence-corrected chi connectivity index (χ0v) is 8.88. The smallest absolute Gasteiger partial charge is 0.330 e. The fraction of sp³-hybridized carbons (Fsp3) is 0.727. The highest BCUT2D eigenvalue weighted by atomic mass is 16.5. The second kappa shape index (κ2) is 6.70. The molecule has 0 fully saturated rings. The molecule has 0 saturated carbocycles. The van der Waals surface area contributed by atoms with Gasteiger partial charge in [0, 0.05) is 6.08 Å². The lowest BCUT2D eigenvalue weighted by Crippen LogP contribution is -2.24. The van der Waals surface area contributed by atoms with Crippen molar-refractivity contribution in [3.63, 3.8) is 0 Å². The fourth-order valence-corrected chi connectivity index (χ4v) is 1.52. The topological polar surface area (TPSA) is 26.3 Å². The van der Waals surface area contributed by atoms with Gasteiger partial charge in [0.2, 0.25) is 0 Å². The minimum absolute atomic E-state index is 0.0560. The van der Waals surface area contributed by atoms with Crippen molar-refractivity contribution in [3.8, 4) is 0 Å². The molecule has 76 valence electrons. The molecule has 0 aromatic rings. The first-order valence-electron chi connectivity index (χ1n) is 5.02. The predicted molar refractivity (Wildman–Crippen MR) is 54.4 cm³/mol. The Morgan fingerprint density at radius 3 is 2.15 bits per heavy atom. The normalized spacial score (nSPS) is 12.6. The summed E-state index contributed by atoms with van der Waals surface area (Å²) in [5, 5.41) is 0. The maximum Gasteiger partial charge on any atom is 0.330 e. The van der Waals surface area contributed by atoms with Gasteiger partial charge in [0.25, 0.3) is 0 Å². The molecule has 0 heterocycles. The zero-order valence-electron chi connectivity index (χ0n) is 8.88. The summed E-state index contributed by atoms with van der Waals surface area (Å²) in [5.41, 5.74) is 0. The van der Waals surface area contributed by atoms with Gasteiger partial charge in [-0.2, -0.15) is 0 Å². The average molecular weight is 184 g/mol. The van der Waals surface area contributed by atoms with E-state index in [1.165, 1.54) is 6.08 Å². The van der Waals surface area contributed by atoms with Crippen molar-refractivity contribution >= 4 is 5.97 Å². The Morgan fingerprint density at radius 2 is 1.85 bits per heavy atom. The second-order valence-electron chi connectivity index (χ2n) is 3.16. The lowest BCUT2D eigenvalue weighted by Gasteiger charge is -2.23. The Kier molecular flexibility index (Phi) is 6.29. The molecule has 0 aliphatic rings. The standard InChI is InChI=1S/C11H20O2/c1-5-9(6-2)10(7-3)13-11(12)8-4/h8-10H,4-7H2,1-3H3. The number of carbonyl (C=O) groups excluding carboxylic acids is 1. The van der Waals surface area contributed by atoms with Gasteiger partial charge in [-0.1, -0.05) is 27.4 Å². The van der Waals surface area contributed by atoms with Crippen molar-refractivity contribution in [2.24, 2.45) is 5.92 Å². The summed E-state index contributed by atoms with van der Waals surface area (Å²) >= 11 is 0. The average Bonchev–Trinajstić information content (AvgIpc) is 2.17. The highest BCUT2D eigenvalue weighted by Crippen LogP contribution is 2.19. The number of esters is 1. The van der Waals surface area contributed by atoms with Crippen LogP contribution in [0.15, 0.2) is 12.7 Å². The Morgan fingerprint density at radius 1 is 1.31 bits per heavy atom. The first kappa shape index (κ1) is 12.2. The first-order chi connectivity index (χ1) is 6.19. The molecular formula is C11H20O2. The van der Waals surface area contributed by atoms with Crippen LogP contribution in [0.25, 0.3) is 0 Å². The molecule has 0 N–H and O–H groups in total. The van der Waals surface area contributed by atoms with Gasteiger partial charge in [-0.05, 0) is 25.2 Å². The van der Waals surface area contributed by atoms with E-state index < -0.39 is 0 Å². The summed E-state index contributed by atoms with van der Waals surface area (Å²) in [4.78, 5) is 11.0. The highest BCUT2D eigenvalue weighted by molar-refractivity contribution is 5.81. The van der Waals surface area contributed by atoms with Crippen molar-refractivity contribution in [2.75, 3.05) is 0 Å². The van der Waals surface area contributed by atoms with E-state index in [0.717, 1.165) is 19.3 Å². The Bertz CT molecular complexity index is 159. The third-order valence-corrected chi connectivity index (χ3v) is 2.41. The van der Waals surface area contributed by atoms with E-state index >= 15 is 0 Å². The first-order valence-corrected chi connectivity index (χ1v) is 5.02. The molecule has 0 aromatic heterocycles. The minimum atomic E-state index is -0.307. The molecule has 0 radical (unpaired) electrons. The Labute approximate surface area is 81.0 Å². The number of hydrogen-bond acceptors (Lipinski definition) is 2. The van der Waals surface area contributed by atoms with Crippen molar-refractivity contribution in [1.29, 1.82) is 0 Å². The number of carbonyl (C=O) groups is 1. The monoisotopic (exact) mass is 184 g/mol. The van der Waals surface area contributed by atoms with Crippen LogP contribution in [0.3, 0.4) is 0 Å². The SMILES string of the molecule is C=CC(=O)OC(CC)C(CC)CC. The van der Waals surface area contributed by atoms with Gasteiger partial charge < -0.3 is 4.74 Å². The number of hydrogen-bond donors (Lipinski definition) is 0. The molecule has 13 heavy (non-hydrogen) atoms. The van der Waals surface area contributed by atoms with Gasteiger partial charge in [-0.15, -0.1) is 0 Å². The van der Waals surface area contributed by atoms with Crippen molar-refractivity contribution in [3.05, 3.63) is 12.7 Å². The van der Waals surface area contributed by atoms with Crippen LogP contribution in [0.4, 0.5) is 0 Å². The molecule has 0 bridgehead atoms. The summed E-state index contributed by atoms with van der Waals surface area (Å²) in [5.74, 6) is 0.174. The fourth-order valence-electron chi connectivity index (χ4n) is 1.52. The summed E-state index contributed by atoms with van der Waals surface area (Å²) in [6.45, 7) is 9.67. The molecule has 1 unspecified atom stereocenters. The summed E-state index contributed by atoms with van der Waals surface area (Å²) < 4.78 is 5.24. The van der Waals surface area contributed by atoms with E-state index in [0.29, 0.717) is 5.92 Å². The summed E-state index contributed by atoms with van der Waals surface area (Å²) in [6.07, 6.45) is 4.27. The molecule has 0 amide bonds. The van der Waals surface area contributed by atoms with Crippen molar-refractivity contribution < 1.29 is 9.53 Å². The van der Waals surface area contributed by atoms with Gasteiger partial charge in [0.1, 0.15) is 6.10 Å². The van der Waals surface area contributed by atoms with E-state index in [4.69, 9.17) is 4.74 Å². The molecule has 0 aliphatic carbocycles. The van der Waals surface area contributed by atoms with Crippen LogP contribution < -0.4 is 0 Å². The van der Waals surface area contributed by atoms with Crippen LogP contribution in [0, 0.1) is 5.92 Å². The van der Waals surface area contributed by atoms with Gasteiger partial charge in [0.15, 0.2) is 0 Å². The summed E-state index contributed by atoms with van der Waals surface area (Å²) in [7, 11) is 0. The second-order valence-corrected chi connectivity index (χ2v) is 3.16. The van der Waals surface area contributed by atoms with Crippen molar-refractivity contribution in [2.45, 2.75) is 46.1 Å². The molecule has 0 saturated heterocycles. The lowest BCUT2D eigenvalue weighted by molar-refractivity contribution is -0.146. The van der Waals surface area contributed by atoms with Gasteiger partial charge >= 0.3 is 5.97 Å². The van der Waals surface area contributed by atoms with Gasteiger partial charge in [-0.3, -0.25) is 0 Å². The molecule has 0 aromatic carbocycles. The van der Waals surface area contributed by atoms with Crippen LogP contribution >= 0.6 is 0 Å². The Hall–Kier alpha value is -0.790. The number of ether oxygens (including phenoxy) is 1. The van der Waals surface area contributed by atoms with Crippen LogP contribution in [0.5, 0.6) is 0 Å².